The maximum Gasteiger partial charge on any atom is 0.233 e. The summed E-state index contributed by atoms with van der Waals surface area (Å²) in [6, 6.07) is 4.93. The van der Waals surface area contributed by atoms with Crippen molar-refractivity contribution in [1.29, 1.82) is 0 Å². The van der Waals surface area contributed by atoms with E-state index in [2.05, 4.69) is 15.2 Å². The van der Waals surface area contributed by atoms with Gasteiger partial charge in [-0.25, -0.2) is 4.98 Å². The third kappa shape index (κ3) is 2.38. The van der Waals surface area contributed by atoms with Gasteiger partial charge < -0.3 is 16.2 Å². The van der Waals surface area contributed by atoms with Gasteiger partial charge in [-0.15, -0.1) is 10.2 Å². The van der Waals surface area contributed by atoms with E-state index in [0.29, 0.717) is 17.4 Å². The molecule has 0 saturated heterocycles. The highest BCUT2D eigenvalue weighted by molar-refractivity contribution is 5.45. The van der Waals surface area contributed by atoms with Crippen LogP contribution in [0.3, 0.4) is 0 Å². The molecule has 0 fully saturated rings. The Kier molecular flexibility index (Phi) is 3.38. The first-order valence-corrected chi connectivity index (χ1v) is 5.47. The summed E-state index contributed by atoms with van der Waals surface area (Å²) < 4.78 is 4.95. The number of aromatic nitrogens is 3. The summed E-state index contributed by atoms with van der Waals surface area (Å²) in [5, 5.41) is 7.90. The van der Waals surface area contributed by atoms with Gasteiger partial charge in [0, 0.05) is 17.8 Å². The van der Waals surface area contributed by atoms with Crippen LogP contribution >= 0.6 is 0 Å². The van der Waals surface area contributed by atoms with E-state index >= 15 is 0 Å². The Bertz CT molecular complexity index is 541. The highest BCUT2D eigenvalue weighted by Gasteiger charge is 2.15. The van der Waals surface area contributed by atoms with Crippen molar-refractivity contribution in [2.45, 2.75) is 13.0 Å². The third-order valence-electron chi connectivity index (χ3n) is 2.61. The van der Waals surface area contributed by atoms with Crippen molar-refractivity contribution >= 4 is 5.82 Å². The van der Waals surface area contributed by atoms with Gasteiger partial charge in [0.05, 0.1) is 18.8 Å². The number of anilines is 1. The zero-order valence-corrected chi connectivity index (χ0v) is 10.3. The molecule has 0 amide bonds. The lowest BCUT2D eigenvalue weighted by Crippen LogP contribution is -2.17. The van der Waals surface area contributed by atoms with Crippen LogP contribution in [0, 0.1) is 6.92 Å². The Labute approximate surface area is 105 Å². The number of nitrogens with two attached hydrogens (primary N) is 2. The number of pyridine rings is 1. The van der Waals surface area contributed by atoms with E-state index in [0.717, 1.165) is 11.1 Å². The van der Waals surface area contributed by atoms with Crippen molar-refractivity contribution in [2.75, 3.05) is 12.8 Å². The molecule has 18 heavy (non-hydrogen) atoms. The third-order valence-corrected chi connectivity index (χ3v) is 2.61. The maximum absolute atomic E-state index is 6.11. The molecule has 0 aliphatic heterocycles. The summed E-state index contributed by atoms with van der Waals surface area (Å²) in [6.45, 7) is 1.93. The minimum atomic E-state index is -0.448. The van der Waals surface area contributed by atoms with Gasteiger partial charge in [-0.1, -0.05) is 0 Å². The van der Waals surface area contributed by atoms with E-state index in [1.54, 1.807) is 18.3 Å². The number of nitrogen functional groups attached to an aromatic ring is 1. The molecule has 94 valence electrons. The molecular formula is C12H15N5O. The quantitative estimate of drug-likeness (QED) is 0.830. The van der Waals surface area contributed by atoms with E-state index in [-0.39, 0.29) is 0 Å². The van der Waals surface area contributed by atoms with Crippen molar-refractivity contribution in [3.05, 3.63) is 41.2 Å². The normalized spacial score (nSPS) is 12.2. The van der Waals surface area contributed by atoms with Crippen LogP contribution in [0.25, 0.3) is 0 Å². The first-order chi connectivity index (χ1) is 8.61. The smallest absolute Gasteiger partial charge is 0.233 e. The second kappa shape index (κ2) is 4.97. The lowest BCUT2D eigenvalue weighted by molar-refractivity contribution is 0.390. The number of hydrogen-bond donors (Lipinski definition) is 2. The molecule has 0 radical (unpaired) electrons. The van der Waals surface area contributed by atoms with Crippen LogP contribution in [0.15, 0.2) is 24.4 Å². The number of hydrogen-bond acceptors (Lipinski definition) is 6. The summed E-state index contributed by atoms with van der Waals surface area (Å²) >= 11 is 0. The van der Waals surface area contributed by atoms with Crippen LogP contribution < -0.4 is 16.2 Å². The zero-order chi connectivity index (χ0) is 13.1. The number of rotatable bonds is 3. The molecule has 0 saturated carbocycles. The Morgan fingerprint density at radius 3 is 2.67 bits per heavy atom. The van der Waals surface area contributed by atoms with Crippen molar-refractivity contribution < 1.29 is 4.74 Å². The van der Waals surface area contributed by atoms with Gasteiger partial charge in [0.15, 0.2) is 0 Å². The number of ether oxygens (including phenoxy) is 1. The molecule has 0 spiro atoms. The number of aryl methyl sites for hydroxylation is 1. The van der Waals surface area contributed by atoms with Gasteiger partial charge >= 0.3 is 0 Å². The van der Waals surface area contributed by atoms with Gasteiger partial charge in [-0.05, 0) is 24.6 Å². The Hall–Kier alpha value is -2.21. The molecule has 6 nitrogen and oxygen atoms in total. The first kappa shape index (κ1) is 12.3. The van der Waals surface area contributed by atoms with Crippen LogP contribution in [0.1, 0.15) is 22.9 Å². The van der Waals surface area contributed by atoms with Crippen LogP contribution in [0.4, 0.5) is 5.82 Å². The minimum absolute atomic E-state index is 0.408. The Balaban J connectivity index is 2.34. The van der Waals surface area contributed by atoms with Gasteiger partial charge in [-0.2, -0.15) is 0 Å². The van der Waals surface area contributed by atoms with E-state index in [1.807, 2.05) is 13.0 Å². The zero-order valence-electron chi connectivity index (χ0n) is 10.3. The fourth-order valence-corrected chi connectivity index (χ4v) is 1.62. The van der Waals surface area contributed by atoms with Gasteiger partial charge in [0.25, 0.3) is 0 Å². The molecule has 2 rings (SSSR count). The van der Waals surface area contributed by atoms with Crippen molar-refractivity contribution in [1.82, 2.24) is 15.2 Å². The van der Waals surface area contributed by atoms with E-state index in [1.165, 1.54) is 7.11 Å². The summed E-state index contributed by atoms with van der Waals surface area (Å²) in [6.07, 6.45) is 1.70. The summed E-state index contributed by atoms with van der Waals surface area (Å²) in [4.78, 5) is 4.08. The second-order valence-electron chi connectivity index (χ2n) is 3.97. The average molecular weight is 245 g/mol. The minimum Gasteiger partial charge on any atom is -0.480 e. The largest absolute Gasteiger partial charge is 0.480 e. The molecule has 1 unspecified atom stereocenters. The molecule has 0 aliphatic carbocycles. The monoisotopic (exact) mass is 245 g/mol. The van der Waals surface area contributed by atoms with Gasteiger partial charge in [0.2, 0.25) is 5.88 Å². The molecule has 0 aromatic carbocycles. The molecule has 4 N–H and O–H groups in total. The molecule has 6 heteroatoms. The average Bonchev–Trinajstić information content (AvgIpc) is 2.41. The fraction of sp³-hybridized carbons (Fsp3) is 0.250. The van der Waals surface area contributed by atoms with Crippen molar-refractivity contribution in [2.24, 2.45) is 5.73 Å². The summed E-state index contributed by atoms with van der Waals surface area (Å²) in [5.41, 5.74) is 14.3. The predicted octanol–water partition coefficient (Wildman–Crippen LogP) is 0.819. The maximum atomic E-state index is 6.11. The van der Waals surface area contributed by atoms with Gasteiger partial charge in [0.1, 0.15) is 5.82 Å². The molecule has 2 aromatic heterocycles. The topological polar surface area (TPSA) is 99.9 Å². The van der Waals surface area contributed by atoms with Crippen LogP contribution in [-0.4, -0.2) is 22.3 Å². The molecule has 0 aliphatic rings. The van der Waals surface area contributed by atoms with Crippen LogP contribution in [-0.2, 0) is 0 Å². The highest BCUT2D eigenvalue weighted by atomic mass is 16.5. The lowest BCUT2D eigenvalue weighted by Gasteiger charge is -2.13. The predicted molar refractivity (Wildman–Crippen MR) is 68.0 cm³/mol. The standard InChI is InChI=1S/C12H15N5O/c1-7-5-8(12(14)15-6-7)11(13)9-3-4-10(18-2)17-16-9/h3-6,11H,13H2,1-2H3,(H2,14,15). The van der Waals surface area contributed by atoms with Crippen molar-refractivity contribution in [3.63, 3.8) is 0 Å². The fourth-order valence-electron chi connectivity index (χ4n) is 1.62. The van der Waals surface area contributed by atoms with Crippen LogP contribution in [0.5, 0.6) is 5.88 Å². The molecule has 2 aromatic rings. The Morgan fingerprint density at radius 2 is 2.06 bits per heavy atom. The van der Waals surface area contributed by atoms with E-state index in [4.69, 9.17) is 16.2 Å². The molecule has 0 bridgehead atoms. The number of nitrogens with zero attached hydrogens (tertiary/aromatic N) is 3. The van der Waals surface area contributed by atoms with Gasteiger partial charge in [-0.3, -0.25) is 0 Å². The number of methoxy groups -OCH3 is 1. The first-order valence-electron chi connectivity index (χ1n) is 5.47. The van der Waals surface area contributed by atoms with E-state index < -0.39 is 6.04 Å². The molecular weight excluding hydrogens is 230 g/mol. The van der Waals surface area contributed by atoms with Crippen molar-refractivity contribution in [3.8, 4) is 5.88 Å². The lowest BCUT2D eigenvalue weighted by atomic mass is 10.0. The SMILES string of the molecule is COc1ccc(C(N)c2cc(C)cnc2N)nn1. The second-order valence-corrected chi connectivity index (χ2v) is 3.97. The highest BCUT2D eigenvalue weighted by Crippen LogP contribution is 2.23. The summed E-state index contributed by atoms with van der Waals surface area (Å²) in [7, 11) is 1.53. The van der Waals surface area contributed by atoms with Crippen LogP contribution in [0.2, 0.25) is 0 Å². The molecule has 2 heterocycles. The molecule has 1 atom stereocenters. The summed E-state index contributed by atoms with van der Waals surface area (Å²) in [5.74, 6) is 0.854. The van der Waals surface area contributed by atoms with E-state index in [9.17, 15) is 0 Å². The Morgan fingerprint density at radius 1 is 1.28 bits per heavy atom.